The zero-order valence-corrected chi connectivity index (χ0v) is 13.4. The summed E-state index contributed by atoms with van der Waals surface area (Å²) < 4.78 is 0. The molecule has 0 aromatic rings. The molecule has 0 spiro atoms. The predicted molar refractivity (Wildman–Crippen MR) is 85.6 cm³/mol. The Morgan fingerprint density at radius 1 is 0.667 bits per heavy atom. The van der Waals surface area contributed by atoms with Crippen molar-refractivity contribution in [1.29, 1.82) is 0 Å². The van der Waals surface area contributed by atoms with Gasteiger partial charge in [0, 0.05) is 10.5 Å². The predicted octanol–water partition coefficient (Wildman–Crippen LogP) is 5.22. The molecule has 0 aromatic heterocycles. The van der Waals surface area contributed by atoms with Gasteiger partial charge in [-0.15, -0.1) is 0 Å². The molecule has 0 N–H and O–H groups in total. The molecule has 3 fully saturated rings. The van der Waals surface area contributed by atoms with Gasteiger partial charge in [-0.1, -0.05) is 19.8 Å². The van der Waals surface area contributed by atoms with Crippen molar-refractivity contribution in [3.8, 4) is 0 Å². The van der Waals surface area contributed by atoms with E-state index in [4.69, 9.17) is 0 Å². The minimum Gasteiger partial charge on any atom is -0.158 e. The minimum absolute atomic E-state index is 1.01. The monoisotopic (exact) mass is 284 g/mol. The summed E-state index contributed by atoms with van der Waals surface area (Å²) in [5, 5.41) is 2.04. The van der Waals surface area contributed by atoms with Gasteiger partial charge in [-0.3, -0.25) is 0 Å². The van der Waals surface area contributed by atoms with E-state index >= 15 is 0 Å². The van der Waals surface area contributed by atoms with Gasteiger partial charge in [-0.2, -0.15) is 23.5 Å². The van der Waals surface area contributed by atoms with Gasteiger partial charge >= 0.3 is 0 Å². The highest BCUT2D eigenvalue weighted by molar-refractivity contribution is 8.00. The van der Waals surface area contributed by atoms with Gasteiger partial charge in [0.15, 0.2) is 0 Å². The molecule has 2 heterocycles. The van der Waals surface area contributed by atoms with Crippen LogP contribution in [0.15, 0.2) is 0 Å². The lowest BCUT2D eigenvalue weighted by atomic mass is 9.84. The van der Waals surface area contributed by atoms with Crippen LogP contribution < -0.4 is 0 Å². The van der Waals surface area contributed by atoms with E-state index < -0.39 is 0 Å². The highest BCUT2D eigenvalue weighted by Gasteiger charge is 2.41. The van der Waals surface area contributed by atoms with Crippen LogP contribution in [0.3, 0.4) is 0 Å². The first-order valence-corrected chi connectivity index (χ1v) is 10.2. The molecular weight excluding hydrogens is 256 g/mol. The Kier molecular flexibility index (Phi) is 4.89. The van der Waals surface area contributed by atoms with Crippen LogP contribution in [0.4, 0.5) is 0 Å². The Morgan fingerprint density at radius 2 is 1.17 bits per heavy atom. The van der Waals surface area contributed by atoms with Crippen LogP contribution in [0.1, 0.15) is 58.3 Å². The molecule has 0 bridgehead atoms. The first kappa shape index (κ1) is 13.7. The molecule has 0 amide bonds. The van der Waals surface area contributed by atoms with Crippen LogP contribution in [-0.4, -0.2) is 22.0 Å². The number of rotatable bonds is 2. The molecule has 2 heteroatoms. The van der Waals surface area contributed by atoms with Crippen molar-refractivity contribution in [2.75, 3.05) is 11.5 Å². The third-order valence-electron chi connectivity index (χ3n) is 5.57. The normalized spacial score (nSPS) is 46.2. The number of hydrogen-bond acceptors (Lipinski definition) is 2. The topological polar surface area (TPSA) is 0 Å². The van der Waals surface area contributed by atoms with E-state index in [0.29, 0.717) is 0 Å². The van der Waals surface area contributed by atoms with E-state index in [1.807, 2.05) is 0 Å². The molecule has 0 radical (unpaired) electrons. The van der Waals surface area contributed by atoms with Gasteiger partial charge in [-0.05, 0) is 67.8 Å². The lowest BCUT2D eigenvalue weighted by Crippen LogP contribution is -2.29. The first-order chi connectivity index (χ1) is 8.86. The third-order valence-corrected chi connectivity index (χ3v) is 8.64. The average Bonchev–Trinajstić information content (AvgIpc) is 2.83. The lowest BCUT2D eigenvalue weighted by Gasteiger charge is -2.34. The molecule has 2 aliphatic heterocycles. The summed E-state index contributed by atoms with van der Waals surface area (Å²) in [6, 6.07) is 0. The van der Waals surface area contributed by atoms with E-state index in [1.165, 1.54) is 50.0 Å². The molecule has 4 unspecified atom stereocenters. The Balaban J connectivity index is 1.58. The van der Waals surface area contributed by atoms with Crippen LogP contribution in [0, 0.1) is 17.8 Å². The molecule has 3 aliphatic rings. The maximum absolute atomic E-state index is 2.59. The third kappa shape index (κ3) is 2.90. The zero-order chi connectivity index (χ0) is 12.4. The first-order valence-electron chi connectivity index (χ1n) is 8.09. The van der Waals surface area contributed by atoms with E-state index in [1.54, 1.807) is 12.8 Å². The Hall–Kier alpha value is 0.700. The molecule has 104 valence electrons. The van der Waals surface area contributed by atoms with Crippen LogP contribution in [0.25, 0.3) is 0 Å². The fourth-order valence-corrected chi connectivity index (χ4v) is 7.76. The Labute approximate surface area is 121 Å². The quantitative estimate of drug-likeness (QED) is 0.682. The Morgan fingerprint density at radius 3 is 1.56 bits per heavy atom. The molecule has 1 aliphatic carbocycles. The summed E-state index contributed by atoms with van der Waals surface area (Å²) in [4.78, 5) is 0. The van der Waals surface area contributed by atoms with Gasteiger partial charge < -0.3 is 0 Å². The van der Waals surface area contributed by atoms with Gasteiger partial charge in [0.05, 0.1) is 0 Å². The maximum atomic E-state index is 2.59. The van der Waals surface area contributed by atoms with Crippen molar-refractivity contribution in [3.63, 3.8) is 0 Å². The van der Waals surface area contributed by atoms with E-state index in [0.717, 1.165) is 28.3 Å². The van der Waals surface area contributed by atoms with Crippen LogP contribution in [0.5, 0.6) is 0 Å². The molecule has 4 atom stereocenters. The molecule has 1 saturated carbocycles. The number of thioether (sulfide) groups is 2. The molecule has 3 rings (SSSR count). The second kappa shape index (κ2) is 6.43. The maximum Gasteiger partial charge on any atom is 0.00779 e. The minimum atomic E-state index is 1.01. The molecule has 0 nitrogen and oxygen atoms in total. The van der Waals surface area contributed by atoms with Crippen molar-refractivity contribution < 1.29 is 0 Å². The highest BCUT2D eigenvalue weighted by atomic mass is 32.2. The van der Waals surface area contributed by atoms with Crippen LogP contribution >= 0.6 is 23.5 Å². The molecular formula is C16H28S2. The van der Waals surface area contributed by atoms with Crippen molar-refractivity contribution >= 4 is 23.5 Å². The van der Waals surface area contributed by atoms with Crippen molar-refractivity contribution in [2.45, 2.75) is 68.8 Å². The lowest BCUT2D eigenvalue weighted by molar-refractivity contribution is 0.307. The molecule has 18 heavy (non-hydrogen) atoms. The Bertz CT molecular complexity index is 228. The second-order valence-corrected chi connectivity index (χ2v) is 9.27. The van der Waals surface area contributed by atoms with E-state index in [2.05, 4.69) is 30.4 Å². The summed E-state index contributed by atoms with van der Waals surface area (Å²) >= 11 is 4.61. The van der Waals surface area contributed by atoms with Crippen molar-refractivity contribution in [2.24, 2.45) is 17.8 Å². The van der Waals surface area contributed by atoms with E-state index in [-0.39, 0.29) is 0 Å². The standard InChI is InChI=1S/C16H28S2/c1-12-13(15-6-2-4-10-17-15)8-9-14(12)16-7-3-5-11-18-16/h12-16H,2-11H2,1H3. The average molecular weight is 285 g/mol. The largest absolute Gasteiger partial charge is 0.158 e. The van der Waals surface area contributed by atoms with Crippen LogP contribution in [0.2, 0.25) is 0 Å². The zero-order valence-electron chi connectivity index (χ0n) is 11.8. The summed E-state index contributed by atoms with van der Waals surface area (Å²) in [7, 11) is 0. The molecule has 2 saturated heterocycles. The van der Waals surface area contributed by atoms with E-state index in [9.17, 15) is 0 Å². The fraction of sp³-hybridized carbons (Fsp3) is 1.00. The van der Waals surface area contributed by atoms with Crippen molar-refractivity contribution in [1.82, 2.24) is 0 Å². The summed E-state index contributed by atoms with van der Waals surface area (Å²) in [5.41, 5.74) is 0. The summed E-state index contributed by atoms with van der Waals surface area (Å²) in [6.07, 6.45) is 12.1. The van der Waals surface area contributed by atoms with Gasteiger partial charge in [0.2, 0.25) is 0 Å². The highest BCUT2D eigenvalue weighted by Crippen LogP contribution is 2.49. The summed E-state index contributed by atoms with van der Waals surface area (Å²) in [6.45, 7) is 2.59. The van der Waals surface area contributed by atoms with Gasteiger partial charge in [0.1, 0.15) is 0 Å². The van der Waals surface area contributed by atoms with Crippen LogP contribution in [-0.2, 0) is 0 Å². The van der Waals surface area contributed by atoms with Crippen molar-refractivity contribution in [3.05, 3.63) is 0 Å². The molecule has 0 aromatic carbocycles. The number of hydrogen-bond donors (Lipinski definition) is 0. The smallest absolute Gasteiger partial charge is 0.00779 e. The second-order valence-electron chi connectivity index (χ2n) is 6.57. The van der Waals surface area contributed by atoms with Gasteiger partial charge in [0.25, 0.3) is 0 Å². The SMILES string of the molecule is CC1C(C2CCCCS2)CCC1C1CCCCS1. The summed E-state index contributed by atoms with van der Waals surface area (Å²) in [5.74, 6) is 6.01. The fourth-order valence-electron chi connectivity index (χ4n) is 4.48. The van der Waals surface area contributed by atoms with Gasteiger partial charge in [-0.25, -0.2) is 0 Å².